The van der Waals surface area contributed by atoms with Crippen LogP contribution in [0.4, 0.5) is 0 Å². The molecular weight excluding hydrogens is 248 g/mol. The maximum atomic E-state index is 11.5. The maximum Gasteiger partial charge on any atom is 0.155 e. The Bertz CT molecular complexity index is 505. The molecule has 4 atom stereocenters. The van der Waals surface area contributed by atoms with Gasteiger partial charge in [-0.15, -0.1) is 11.3 Å². The van der Waals surface area contributed by atoms with Crippen LogP contribution in [-0.4, -0.2) is 17.7 Å². The summed E-state index contributed by atoms with van der Waals surface area (Å²) in [6.45, 7) is 1.96. The summed E-state index contributed by atoms with van der Waals surface area (Å²) in [5.74, 6) is -0.193. The van der Waals surface area contributed by atoms with Gasteiger partial charge in [0.05, 0.1) is 11.5 Å². The Kier molecular flexibility index (Phi) is 2.72. The molecule has 0 amide bonds. The van der Waals surface area contributed by atoms with E-state index in [0.29, 0.717) is 6.42 Å². The van der Waals surface area contributed by atoms with E-state index in [1.54, 1.807) is 17.4 Å². The van der Waals surface area contributed by atoms with Crippen molar-refractivity contribution in [2.75, 3.05) is 0 Å². The molecule has 0 saturated carbocycles. The minimum Gasteiger partial charge on any atom is -0.361 e. The van der Waals surface area contributed by atoms with E-state index in [1.807, 2.05) is 30.5 Å². The fourth-order valence-corrected chi connectivity index (χ4v) is 3.76. The molecule has 2 heterocycles. The van der Waals surface area contributed by atoms with Crippen molar-refractivity contribution < 1.29 is 14.3 Å². The van der Waals surface area contributed by atoms with Gasteiger partial charge in [0.15, 0.2) is 5.78 Å². The zero-order chi connectivity index (χ0) is 12.8. The van der Waals surface area contributed by atoms with Gasteiger partial charge in [0.1, 0.15) is 12.4 Å². The zero-order valence-electron chi connectivity index (χ0n) is 10.0. The van der Waals surface area contributed by atoms with Gasteiger partial charge in [-0.3, -0.25) is 4.79 Å². The first kappa shape index (κ1) is 11.8. The number of carbonyl (C=O) groups is 2. The number of hydrogen-bond donors (Lipinski definition) is 0. The molecule has 0 spiro atoms. The highest BCUT2D eigenvalue weighted by Crippen LogP contribution is 2.51. The largest absolute Gasteiger partial charge is 0.361 e. The average molecular weight is 262 g/mol. The molecule has 0 radical (unpaired) electrons. The quantitative estimate of drug-likeness (QED) is 0.769. The number of ketones is 1. The lowest BCUT2D eigenvalue weighted by molar-refractivity contribution is -0.118. The van der Waals surface area contributed by atoms with Gasteiger partial charge in [0.25, 0.3) is 0 Å². The molecule has 2 aliphatic rings. The van der Waals surface area contributed by atoms with E-state index >= 15 is 0 Å². The molecule has 0 bridgehead atoms. The van der Waals surface area contributed by atoms with Crippen LogP contribution in [0.15, 0.2) is 29.7 Å². The Balaban J connectivity index is 1.99. The Hall–Kier alpha value is -1.26. The summed E-state index contributed by atoms with van der Waals surface area (Å²) in [6.07, 6.45) is 4.53. The summed E-state index contributed by atoms with van der Waals surface area (Å²) < 4.78 is 6.09. The molecule has 0 aromatic carbocycles. The second-order valence-electron chi connectivity index (χ2n) is 5.06. The summed E-state index contributed by atoms with van der Waals surface area (Å²) in [5.41, 5.74) is -0.492. The highest BCUT2D eigenvalue weighted by molar-refractivity contribution is 7.10. The Morgan fingerprint density at radius 1 is 1.56 bits per heavy atom. The molecule has 1 saturated heterocycles. The van der Waals surface area contributed by atoms with Crippen LogP contribution in [0, 0.1) is 11.8 Å². The lowest BCUT2D eigenvalue weighted by atomic mass is 9.74. The van der Waals surface area contributed by atoms with Gasteiger partial charge in [-0.05, 0) is 30.5 Å². The van der Waals surface area contributed by atoms with Crippen LogP contribution in [0.1, 0.15) is 24.3 Å². The van der Waals surface area contributed by atoms with Crippen molar-refractivity contribution in [3.63, 3.8) is 0 Å². The van der Waals surface area contributed by atoms with Gasteiger partial charge in [0.2, 0.25) is 0 Å². The SMILES string of the molecule is C[C@@]12C=CC(=O)C[C@@H]1[C@@H](C=O)[C@@H](c1cccs1)O2. The van der Waals surface area contributed by atoms with E-state index in [9.17, 15) is 9.59 Å². The van der Waals surface area contributed by atoms with Crippen LogP contribution in [-0.2, 0) is 14.3 Å². The molecule has 1 aromatic rings. The normalized spacial score (nSPS) is 38.7. The van der Waals surface area contributed by atoms with Crippen molar-refractivity contribution in [3.05, 3.63) is 34.5 Å². The van der Waals surface area contributed by atoms with E-state index in [2.05, 4.69) is 0 Å². The Morgan fingerprint density at radius 2 is 2.39 bits per heavy atom. The summed E-state index contributed by atoms with van der Waals surface area (Å²) in [6, 6.07) is 3.94. The van der Waals surface area contributed by atoms with Gasteiger partial charge >= 0.3 is 0 Å². The molecule has 3 nitrogen and oxygen atoms in total. The van der Waals surface area contributed by atoms with E-state index < -0.39 is 5.60 Å². The van der Waals surface area contributed by atoms with Crippen molar-refractivity contribution in [1.29, 1.82) is 0 Å². The molecule has 1 aromatic heterocycles. The fourth-order valence-electron chi connectivity index (χ4n) is 2.94. The van der Waals surface area contributed by atoms with Crippen molar-refractivity contribution in [2.45, 2.75) is 25.0 Å². The molecule has 0 unspecified atom stereocenters. The molecule has 0 N–H and O–H groups in total. The second-order valence-corrected chi connectivity index (χ2v) is 6.04. The summed E-state index contributed by atoms with van der Waals surface area (Å²) in [4.78, 5) is 24.0. The number of ether oxygens (including phenoxy) is 1. The molecule has 3 rings (SSSR count). The Morgan fingerprint density at radius 3 is 3.06 bits per heavy atom. The average Bonchev–Trinajstić information content (AvgIpc) is 2.94. The maximum absolute atomic E-state index is 11.5. The number of thiophene rings is 1. The third kappa shape index (κ3) is 1.68. The van der Waals surface area contributed by atoms with Gasteiger partial charge in [-0.25, -0.2) is 0 Å². The number of carbonyl (C=O) groups excluding carboxylic acids is 2. The highest BCUT2D eigenvalue weighted by atomic mass is 32.1. The third-order valence-corrected chi connectivity index (χ3v) is 4.87. The summed E-state index contributed by atoms with van der Waals surface area (Å²) in [7, 11) is 0. The molecule has 4 heteroatoms. The van der Waals surface area contributed by atoms with Gasteiger partial charge in [-0.2, -0.15) is 0 Å². The topological polar surface area (TPSA) is 43.4 Å². The van der Waals surface area contributed by atoms with E-state index in [4.69, 9.17) is 4.74 Å². The molecule has 94 valence electrons. The number of fused-ring (bicyclic) bond motifs is 1. The number of allylic oxidation sites excluding steroid dienone is 1. The molecule has 18 heavy (non-hydrogen) atoms. The molecule has 1 aliphatic carbocycles. The van der Waals surface area contributed by atoms with Gasteiger partial charge < -0.3 is 9.53 Å². The van der Waals surface area contributed by atoms with Crippen LogP contribution >= 0.6 is 11.3 Å². The summed E-state index contributed by atoms with van der Waals surface area (Å²) in [5, 5.41) is 1.98. The van der Waals surface area contributed by atoms with Crippen LogP contribution in [0.3, 0.4) is 0 Å². The fraction of sp³-hybridized carbons (Fsp3) is 0.429. The van der Waals surface area contributed by atoms with Crippen LogP contribution in [0.2, 0.25) is 0 Å². The standard InChI is InChI=1S/C14H14O3S/c1-14-5-4-9(16)7-11(14)10(8-15)13(17-14)12-3-2-6-18-12/h2-6,8,10-11,13H,7H2,1H3/t10-,11-,13+,14-/m1/s1. The Labute approximate surface area is 109 Å². The molecular formula is C14H14O3S. The van der Waals surface area contributed by atoms with Crippen molar-refractivity contribution >= 4 is 23.4 Å². The van der Waals surface area contributed by atoms with Crippen molar-refractivity contribution in [3.8, 4) is 0 Å². The minimum atomic E-state index is -0.492. The monoisotopic (exact) mass is 262 g/mol. The first-order chi connectivity index (χ1) is 8.64. The van der Waals surface area contributed by atoms with Gasteiger partial charge in [0, 0.05) is 17.2 Å². The first-order valence-corrected chi connectivity index (χ1v) is 6.90. The highest BCUT2D eigenvalue weighted by Gasteiger charge is 2.53. The van der Waals surface area contributed by atoms with Crippen molar-refractivity contribution in [1.82, 2.24) is 0 Å². The van der Waals surface area contributed by atoms with Gasteiger partial charge in [-0.1, -0.05) is 6.07 Å². The number of aldehydes is 1. The summed E-state index contributed by atoms with van der Waals surface area (Å²) >= 11 is 1.59. The van der Waals surface area contributed by atoms with Crippen LogP contribution in [0.25, 0.3) is 0 Å². The second kappa shape index (κ2) is 4.14. The number of rotatable bonds is 2. The van der Waals surface area contributed by atoms with E-state index in [0.717, 1.165) is 11.2 Å². The zero-order valence-corrected chi connectivity index (χ0v) is 10.9. The molecule has 1 fully saturated rings. The minimum absolute atomic E-state index is 0.0420. The van der Waals surface area contributed by atoms with Crippen molar-refractivity contribution in [2.24, 2.45) is 11.8 Å². The third-order valence-electron chi connectivity index (χ3n) is 3.93. The predicted octanol–water partition coefficient (Wildman–Crippen LogP) is 2.54. The molecule has 1 aliphatic heterocycles. The lowest BCUT2D eigenvalue weighted by Crippen LogP contribution is -2.36. The van der Waals surface area contributed by atoms with E-state index in [-0.39, 0.29) is 23.7 Å². The predicted molar refractivity (Wildman–Crippen MR) is 68.4 cm³/mol. The lowest BCUT2D eigenvalue weighted by Gasteiger charge is -2.30. The van der Waals surface area contributed by atoms with Crippen LogP contribution in [0.5, 0.6) is 0 Å². The number of hydrogen-bond acceptors (Lipinski definition) is 4. The van der Waals surface area contributed by atoms with E-state index in [1.165, 1.54) is 0 Å². The first-order valence-electron chi connectivity index (χ1n) is 6.02. The van der Waals surface area contributed by atoms with Crippen LogP contribution < -0.4 is 0 Å². The smallest absolute Gasteiger partial charge is 0.155 e.